The molecule has 12 heteroatoms. The lowest BCUT2D eigenvalue weighted by molar-refractivity contribution is -0.397. The topological polar surface area (TPSA) is 126 Å². The Balaban J connectivity index is 1.44. The number of ether oxygens (including phenoxy) is 2. The maximum Gasteiger partial charge on any atom is 0.434 e. The summed E-state index contributed by atoms with van der Waals surface area (Å²) in [7, 11) is -3.81. The second kappa shape index (κ2) is 12.4. The van der Waals surface area contributed by atoms with Crippen molar-refractivity contribution in [2.45, 2.75) is 75.7 Å². The minimum atomic E-state index is -3.81. The lowest BCUT2D eigenvalue weighted by Gasteiger charge is -2.36. The van der Waals surface area contributed by atoms with Crippen LogP contribution in [0.4, 0.5) is 5.95 Å². The van der Waals surface area contributed by atoms with Gasteiger partial charge in [-0.3, -0.25) is 4.18 Å². The van der Waals surface area contributed by atoms with Gasteiger partial charge >= 0.3 is 5.95 Å². The van der Waals surface area contributed by atoms with Gasteiger partial charge in [-0.25, -0.2) is 4.57 Å². The predicted molar refractivity (Wildman–Crippen MR) is 136 cm³/mol. The van der Waals surface area contributed by atoms with Crippen LogP contribution in [-0.2, 0) is 30.3 Å². The Hall–Kier alpha value is -2.38. The van der Waals surface area contributed by atoms with Crippen LogP contribution in [-0.4, -0.2) is 73.0 Å². The Kier molecular flexibility index (Phi) is 9.30. The molecule has 11 nitrogen and oxygen atoms in total. The molecule has 0 amide bonds. The summed E-state index contributed by atoms with van der Waals surface area (Å²) in [4.78, 5) is 17.3. The molecule has 1 aromatic carbocycles. The first-order chi connectivity index (χ1) is 17.8. The zero-order valence-corrected chi connectivity index (χ0v) is 22.3. The summed E-state index contributed by atoms with van der Waals surface area (Å²) in [6.07, 6.45) is 6.79. The van der Waals surface area contributed by atoms with Gasteiger partial charge in [0.05, 0.1) is 18.0 Å². The highest BCUT2D eigenvalue weighted by Gasteiger charge is 2.30. The van der Waals surface area contributed by atoms with Crippen molar-refractivity contribution >= 4 is 16.1 Å². The lowest BCUT2D eigenvalue weighted by Crippen LogP contribution is -2.43. The Morgan fingerprint density at radius 1 is 1.22 bits per heavy atom. The van der Waals surface area contributed by atoms with E-state index in [9.17, 15) is 18.5 Å². The fraction of sp³-hybridized carbons (Fsp3) is 0.640. The first kappa shape index (κ1) is 27.6. The standard InChI is InChI=1S/C25H36N4O7S/c1-3-35-37(32,33)23-8-7-19(2)16-22(23)20-9-12-27(13-10-20)17-21(36-24-6-4-5-15-34-24)18-28-14-11-26-25(28)29(30)31/h7-8,11,14,16,20-21,24H,3-6,9-10,12-13,15,17-18H2,1-2H3. The highest BCUT2D eigenvalue weighted by atomic mass is 32.2. The zero-order chi connectivity index (χ0) is 26.4. The van der Waals surface area contributed by atoms with Crippen molar-refractivity contribution in [3.05, 3.63) is 51.8 Å². The molecule has 204 valence electrons. The summed E-state index contributed by atoms with van der Waals surface area (Å²) < 4.78 is 44.1. The lowest BCUT2D eigenvalue weighted by atomic mass is 9.88. The number of nitrogens with zero attached hydrogens (tertiary/aromatic N) is 4. The number of piperidine rings is 1. The van der Waals surface area contributed by atoms with Gasteiger partial charge in [0.25, 0.3) is 10.1 Å². The van der Waals surface area contributed by atoms with E-state index >= 15 is 0 Å². The monoisotopic (exact) mass is 536 g/mol. The summed E-state index contributed by atoms with van der Waals surface area (Å²) in [6.45, 7) is 6.75. The van der Waals surface area contributed by atoms with Gasteiger partial charge in [0.1, 0.15) is 18.5 Å². The van der Waals surface area contributed by atoms with Crippen molar-refractivity contribution in [3.8, 4) is 0 Å². The molecule has 0 spiro atoms. The average molecular weight is 537 g/mol. The van der Waals surface area contributed by atoms with Crippen LogP contribution in [0.25, 0.3) is 0 Å². The van der Waals surface area contributed by atoms with Crippen molar-refractivity contribution in [1.29, 1.82) is 0 Å². The second-order valence-corrected chi connectivity index (χ2v) is 11.3. The third kappa shape index (κ3) is 7.14. The van der Waals surface area contributed by atoms with Gasteiger partial charge in [0.15, 0.2) is 6.29 Å². The first-order valence-electron chi connectivity index (χ1n) is 12.9. The molecule has 2 aliphatic heterocycles. The molecule has 0 N–H and O–H groups in total. The van der Waals surface area contributed by atoms with Crippen molar-refractivity contribution in [3.63, 3.8) is 0 Å². The smallest absolute Gasteiger partial charge is 0.390 e. The van der Waals surface area contributed by atoms with Crippen LogP contribution in [0.3, 0.4) is 0 Å². The fourth-order valence-electron chi connectivity index (χ4n) is 5.16. The molecular formula is C25H36N4O7S. The number of nitro groups is 1. The van der Waals surface area contributed by atoms with Crippen LogP contribution in [0.2, 0.25) is 0 Å². The van der Waals surface area contributed by atoms with Gasteiger partial charge in [0, 0.05) is 13.2 Å². The van der Waals surface area contributed by atoms with Crippen LogP contribution in [0, 0.1) is 17.0 Å². The molecule has 4 rings (SSSR count). The van der Waals surface area contributed by atoms with Crippen molar-refractivity contribution < 1.29 is 27.0 Å². The normalized spacial score (nSPS) is 20.6. The number of aryl methyl sites for hydroxylation is 1. The van der Waals surface area contributed by atoms with Crippen LogP contribution in [0.1, 0.15) is 56.1 Å². The second-order valence-electron chi connectivity index (χ2n) is 9.67. The van der Waals surface area contributed by atoms with Crippen LogP contribution < -0.4 is 0 Å². The summed E-state index contributed by atoms with van der Waals surface area (Å²) in [5.41, 5.74) is 1.82. The summed E-state index contributed by atoms with van der Waals surface area (Å²) in [5, 5.41) is 11.4. The Morgan fingerprint density at radius 2 is 2.00 bits per heavy atom. The molecule has 37 heavy (non-hydrogen) atoms. The predicted octanol–water partition coefficient (Wildman–Crippen LogP) is 3.62. The Morgan fingerprint density at radius 3 is 2.68 bits per heavy atom. The quantitative estimate of drug-likeness (QED) is 0.240. The minimum Gasteiger partial charge on any atom is -0.390 e. The van der Waals surface area contributed by atoms with E-state index in [0.29, 0.717) is 19.7 Å². The molecule has 3 heterocycles. The number of likely N-dealkylation sites (tertiary alicyclic amines) is 1. The van der Waals surface area contributed by atoms with E-state index < -0.39 is 15.0 Å². The van der Waals surface area contributed by atoms with Crippen LogP contribution >= 0.6 is 0 Å². The van der Waals surface area contributed by atoms with Crippen molar-refractivity contribution in [2.24, 2.45) is 0 Å². The van der Waals surface area contributed by atoms with Crippen LogP contribution in [0.5, 0.6) is 0 Å². The van der Waals surface area contributed by atoms with Crippen molar-refractivity contribution in [1.82, 2.24) is 14.5 Å². The third-order valence-electron chi connectivity index (χ3n) is 6.94. The zero-order valence-electron chi connectivity index (χ0n) is 21.5. The maximum absolute atomic E-state index is 12.7. The number of hydrogen-bond acceptors (Lipinski definition) is 9. The van der Waals surface area contributed by atoms with E-state index in [1.165, 1.54) is 10.8 Å². The number of benzene rings is 1. The van der Waals surface area contributed by atoms with Crippen molar-refractivity contribution in [2.75, 3.05) is 32.8 Å². The first-order valence-corrected chi connectivity index (χ1v) is 14.3. The van der Waals surface area contributed by atoms with Gasteiger partial charge in [-0.05, 0) is 81.5 Å². The molecular weight excluding hydrogens is 500 g/mol. The molecule has 0 radical (unpaired) electrons. The van der Waals surface area contributed by atoms with Gasteiger partial charge < -0.3 is 24.5 Å². The molecule has 2 unspecified atom stereocenters. The van der Waals surface area contributed by atoms with Gasteiger partial charge in [0.2, 0.25) is 0 Å². The van der Waals surface area contributed by atoms with Gasteiger partial charge in [-0.15, -0.1) is 0 Å². The van der Waals surface area contributed by atoms with E-state index in [1.54, 1.807) is 25.3 Å². The number of aromatic nitrogens is 2. The van der Waals surface area contributed by atoms with Gasteiger partial charge in [-0.2, -0.15) is 8.42 Å². The molecule has 2 aromatic rings. The summed E-state index contributed by atoms with van der Waals surface area (Å²) >= 11 is 0. The number of imidazole rings is 1. The Labute approximate surface area is 218 Å². The van der Waals surface area contributed by atoms with E-state index in [1.807, 2.05) is 13.0 Å². The Bertz CT molecular complexity index is 1160. The van der Waals surface area contributed by atoms with E-state index in [2.05, 4.69) is 9.88 Å². The SMILES string of the molecule is CCOS(=O)(=O)c1ccc(C)cc1C1CCN(CC(Cn2ccnc2[N+](=O)[O-])OC2CCCCO2)CC1. The highest BCUT2D eigenvalue weighted by molar-refractivity contribution is 7.86. The molecule has 0 bridgehead atoms. The number of rotatable bonds is 11. The molecule has 0 aliphatic carbocycles. The molecule has 2 saturated heterocycles. The fourth-order valence-corrected chi connectivity index (χ4v) is 6.35. The summed E-state index contributed by atoms with van der Waals surface area (Å²) in [5.74, 6) is -0.114. The minimum absolute atomic E-state index is 0.0925. The largest absolute Gasteiger partial charge is 0.434 e. The van der Waals surface area contributed by atoms with E-state index in [0.717, 1.165) is 56.3 Å². The highest BCUT2D eigenvalue weighted by Crippen LogP contribution is 2.34. The molecule has 1 aromatic heterocycles. The average Bonchev–Trinajstić information content (AvgIpc) is 3.33. The molecule has 2 aliphatic rings. The molecule has 0 saturated carbocycles. The van der Waals surface area contributed by atoms with E-state index in [4.69, 9.17) is 13.7 Å². The number of hydrogen-bond donors (Lipinski definition) is 0. The summed E-state index contributed by atoms with van der Waals surface area (Å²) in [6, 6.07) is 5.40. The third-order valence-corrected chi connectivity index (χ3v) is 8.39. The molecule has 2 atom stereocenters. The van der Waals surface area contributed by atoms with Crippen LogP contribution in [0.15, 0.2) is 35.5 Å². The van der Waals surface area contributed by atoms with E-state index in [-0.39, 0.29) is 35.8 Å². The molecule has 2 fully saturated rings. The maximum atomic E-state index is 12.7. The van der Waals surface area contributed by atoms with Gasteiger partial charge in [-0.1, -0.05) is 22.7 Å².